The molecule has 0 aliphatic rings. The minimum atomic E-state index is 1.11. The molecule has 0 bridgehead atoms. The predicted molar refractivity (Wildman–Crippen MR) is 229 cm³/mol. The van der Waals surface area contributed by atoms with Crippen molar-refractivity contribution in [2.75, 3.05) is 4.90 Å². The Labute approximate surface area is 311 Å². The number of rotatable bonds is 5. The molecule has 248 valence electrons. The van der Waals surface area contributed by atoms with Crippen LogP contribution in [0.15, 0.2) is 194 Å². The zero-order valence-corrected chi connectivity index (χ0v) is 29.6. The van der Waals surface area contributed by atoms with Crippen LogP contribution in [-0.2, 0) is 0 Å². The second-order valence-electron chi connectivity index (χ2n) is 13.8. The van der Waals surface area contributed by atoms with Crippen LogP contribution in [0.4, 0.5) is 17.1 Å². The summed E-state index contributed by atoms with van der Waals surface area (Å²) in [4.78, 5) is 2.42. The van der Waals surface area contributed by atoms with E-state index >= 15 is 0 Å². The Morgan fingerprint density at radius 1 is 0.358 bits per heavy atom. The molecule has 0 fully saturated rings. The van der Waals surface area contributed by atoms with Crippen LogP contribution in [0.1, 0.15) is 0 Å². The van der Waals surface area contributed by atoms with E-state index < -0.39 is 0 Å². The Bertz CT molecular complexity index is 3170. The van der Waals surface area contributed by atoms with Gasteiger partial charge in [0.1, 0.15) is 0 Å². The summed E-state index contributed by atoms with van der Waals surface area (Å²) in [6.45, 7) is 0. The van der Waals surface area contributed by atoms with E-state index in [1.807, 2.05) is 11.3 Å². The molecular formula is C50H32N2S. The maximum absolute atomic E-state index is 2.42. The number of thiophene rings is 1. The number of benzene rings is 9. The summed E-state index contributed by atoms with van der Waals surface area (Å²) >= 11 is 1.87. The van der Waals surface area contributed by atoms with Gasteiger partial charge >= 0.3 is 0 Å². The Morgan fingerprint density at radius 2 is 0.981 bits per heavy atom. The smallest absolute Gasteiger partial charge is 0.0561 e. The van der Waals surface area contributed by atoms with Gasteiger partial charge in [-0.25, -0.2) is 0 Å². The van der Waals surface area contributed by atoms with Crippen LogP contribution < -0.4 is 4.90 Å². The minimum Gasteiger partial charge on any atom is -0.310 e. The van der Waals surface area contributed by atoms with E-state index in [2.05, 4.69) is 204 Å². The van der Waals surface area contributed by atoms with Gasteiger partial charge in [0.05, 0.1) is 11.0 Å². The van der Waals surface area contributed by atoms with Gasteiger partial charge < -0.3 is 9.47 Å². The third-order valence-corrected chi connectivity index (χ3v) is 11.9. The highest BCUT2D eigenvalue weighted by Gasteiger charge is 2.19. The maximum Gasteiger partial charge on any atom is 0.0561 e. The van der Waals surface area contributed by atoms with E-state index in [-0.39, 0.29) is 0 Å². The summed E-state index contributed by atoms with van der Waals surface area (Å²) in [6.07, 6.45) is 0. The molecule has 2 aromatic heterocycles. The average molecular weight is 693 g/mol. The van der Waals surface area contributed by atoms with Crippen molar-refractivity contribution < 1.29 is 0 Å². The Balaban J connectivity index is 1.13. The molecule has 3 heteroatoms. The van der Waals surface area contributed by atoms with E-state index in [4.69, 9.17) is 0 Å². The zero-order valence-electron chi connectivity index (χ0n) is 28.8. The zero-order chi connectivity index (χ0) is 34.9. The molecular weight excluding hydrogens is 661 g/mol. The molecule has 0 spiro atoms. The molecule has 2 heterocycles. The third-order valence-electron chi connectivity index (χ3n) is 10.7. The van der Waals surface area contributed by atoms with Gasteiger partial charge in [-0.15, -0.1) is 11.3 Å². The number of hydrogen-bond acceptors (Lipinski definition) is 2. The lowest BCUT2D eigenvalue weighted by atomic mass is 10.0. The minimum absolute atomic E-state index is 1.11. The maximum atomic E-state index is 2.42. The van der Waals surface area contributed by atoms with Crippen LogP contribution in [0.5, 0.6) is 0 Å². The predicted octanol–water partition coefficient (Wildman–Crippen LogP) is 14.6. The van der Waals surface area contributed by atoms with Crippen LogP contribution in [0.2, 0.25) is 0 Å². The van der Waals surface area contributed by atoms with E-state index in [1.54, 1.807) is 0 Å². The fourth-order valence-corrected chi connectivity index (χ4v) is 9.35. The molecule has 53 heavy (non-hydrogen) atoms. The number of aromatic nitrogens is 1. The number of anilines is 3. The molecule has 0 saturated carbocycles. The van der Waals surface area contributed by atoms with E-state index in [9.17, 15) is 0 Å². The van der Waals surface area contributed by atoms with Gasteiger partial charge in [-0.3, -0.25) is 0 Å². The third kappa shape index (κ3) is 4.86. The highest BCUT2D eigenvalue weighted by Crippen LogP contribution is 2.44. The van der Waals surface area contributed by atoms with Crippen molar-refractivity contribution in [3.8, 4) is 16.8 Å². The Hall–Kier alpha value is -6.68. The summed E-state index contributed by atoms with van der Waals surface area (Å²) in [5, 5.41) is 10.2. The number of para-hydroxylation sites is 2. The fraction of sp³-hybridized carbons (Fsp3) is 0. The normalized spacial score (nSPS) is 11.8. The van der Waals surface area contributed by atoms with Crippen molar-refractivity contribution in [1.82, 2.24) is 4.57 Å². The molecule has 0 aliphatic heterocycles. The highest BCUT2D eigenvalue weighted by molar-refractivity contribution is 7.26. The second-order valence-corrected chi connectivity index (χ2v) is 14.9. The van der Waals surface area contributed by atoms with Crippen LogP contribution in [0, 0.1) is 0 Å². The van der Waals surface area contributed by atoms with Gasteiger partial charge in [0.25, 0.3) is 0 Å². The Kier molecular flexibility index (Phi) is 6.76. The van der Waals surface area contributed by atoms with Crippen LogP contribution in [0.25, 0.3) is 80.3 Å². The number of nitrogens with zero attached hydrogens (tertiary/aromatic N) is 2. The quantitative estimate of drug-likeness (QED) is 0.174. The summed E-state index contributed by atoms with van der Waals surface area (Å²) < 4.78 is 5.01. The van der Waals surface area contributed by atoms with Gasteiger partial charge in [-0.05, 0) is 105 Å². The molecule has 0 N–H and O–H groups in total. The van der Waals surface area contributed by atoms with Gasteiger partial charge in [-0.2, -0.15) is 0 Å². The van der Waals surface area contributed by atoms with Crippen molar-refractivity contribution in [2.45, 2.75) is 0 Å². The summed E-state index contributed by atoms with van der Waals surface area (Å²) in [5.41, 5.74) is 9.31. The molecule has 0 atom stereocenters. The van der Waals surface area contributed by atoms with Crippen molar-refractivity contribution >= 4 is 91.9 Å². The molecule has 11 aromatic rings. The highest BCUT2D eigenvalue weighted by atomic mass is 32.1. The molecule has 11 rings (SSSR count). The van der Waals surface area contributed by atoms with Crippen molar-refractivity contribution in [2.24, 2.45) is 0 Å². The first-order valence-corrected chi connectivity index (χ1v) is 18.9. The monoisotopic (exact) mass is 692 g/mol. The van der Waals surface area contributed by atoms with Gasteiger partial charge in [-0.1, -0.05) is 121 Å². The molecule has 0 aliphatic carbocycles. The number of fused-ring (bicyclic) bond motifs is 9. The second kappa shape index (κ2) is 11.9. The first-order valence-electron chi connectivity index (χ1n) is 18.1. The lowest BCUT2D eigenvalue weighted by molar-refractivity contribution is 1.18. The fourth-order valence-electron chi connectivity index (χ4n) is 8.25. The average Bonchev–Trinajstić information content (AvgIpc) is 3.77. The molecule has 9 aromatic carbocycles. The summed E-state index contributed by atoms with van der Waals surface area (Å²) in [5.74, 6) is 0. The molecule has 0 amide bonds. The van der Waals surface area contributed by atoms with Gasteiger partial charge in [0.15, 0.2) is 0 Å². The van der Waals surface area contributed by atoms with E-state index in [0.717, 1.165) is 22.7 Å². The summed E-state index contributed by atoms with van der Waals surface area (Å²) in [6, 6.07) is 71.0. The first-order chi connectivity index (χ1) is 26.3. The number of hydrogen-bond donors (Lipinski definition) is 0. The SMILES string of the molecule is c1ccc(-n2c3ccccc3c3ccc(N(c4ccc(-c5ccc6ccccc6c5)cc4)c4ccc5sc6ccc7ccccc7c6c5c4)cc32)cc1. The van der Waals surface area contributed by atoms with Crippen LogP contribution in [0.3, 0.4) is 0 Å². The van der Waals surface area contributed by atoms with Crippen molar-refractivity contribution in [3.63, 3.8) is 0 Å². The topological polar surface area (TPSA) is 8.17 Å². The van der Waals surface area contributed by atoms with Crippen molar-refractivity contribution in [1.29, 1.82) is 0 Å². The summed E-state index contributed by atoms with van der Waals surface area (Å²) in [7, 11) is 0. The molecule has 2 nitrogen and oxygen atoms in total. The van der Waals surface area contributed by atoms with Crippen molar-refractivity contribution in [3.05, 3.63) is 194 Å². The lowest BCUT2D eigenvalue weighted by Gasteiger charge is -2.26. The first kappa shape index (κ1) is 30.0. The van der Waals surface area contributed by atoms with E-state index in [1.165, 1.54) is 74.6 Å². The van der Waals surface area contributed by atoms with Gasteiger partial charge in [0, 0.05) is 53.7 Å². The standard InChI is InChI=1S/C50H32N2S/c1-2-13-38(14-3-1)52-46-17-9-8-16-43(46)44-27-25-41(32-47(44)52)51(39-23-20-34(21-24-39)37-19-18-33-10-4-5-12-36(33)30-37)40-26-29-48-45(31-40)50-42-15-7-6-11-35(42)22-28-49(50)53-48/h1-32H. The largest absolute Gasteiger partial charge is 0.310 e. The molecule has 0 unspecified atom stereocenters. The molecule has 0 saturated heterocycles. The van der Waals surface area contributed by atoms with Crippen LogP contribution >= 0.6 is 11.3 Å². The molecule has 0 radical (unpaired) electrons. The van der Waals surface area contributed by atoms with E-state index in [0.29, 0.717) is 0 Å². The Morgan fingerprint density at radius 3 is 1.85 bits per heavy atom. The van der Waals surface area contributed by atoms with Crippen LogP contribution in [-0.4, -0.2) is 4.57 Å². The van der Waals surface area contributed by atoms with Gasteiger partial charge in [0.2, 0.25) is 0 Å². The lowest BCUT2D eigenvalue weighted by Crippen LogP contribution is -2.10.